The number of benzene rings is 1. The van der Waals surface area contributed by atoms with Crippen LogP contribution in [0.25, 0.3) is 11.0 Å². The summed E-state index contributed by atoms with van der Waals surface area (Å²) in [6.07, 6.45) is 1.49. The summed E-state index contributed by atoms with van der Waals surface area (Å²) in [6, 6.07) is 6.40. The van der Waals surface area contributed by atoms with E-state index in [9.17, 15) is 9.18 Å². The van der Waals surface area contributed by atoms with Crippen molar-refractivity contribution in [3.8, 4) is 0 Å². The third-order valence-electron chi connectivity index (χ3n) is 3.92. The molecule has 1 atom stereocenters. The van der Waals surface area contributed by atoms with Gasteiger partial charge in [0, 0.05) is 13.6 Å². The molecule has 3 aromatic rings. The summed E-state index contributed by atoms with van der Waals surface area (Å²) < 4.78 is 15.0. The van der Waals surface area contributed by atoms with Gasteiger partial charge in [-0.05, 0) is 31.8 Å². The van der Waals surface area contributed by atoms with Gasteiger partial charge in [0.15, 0.2) is 5.65 Å². The number of anilines is 1. The number of aryl methyl sites for hydroxylation is 1. The van der Waals surface area contributed by atoms with Gasteiger partial charge in [0.05, 0.1) is 12.2 Å². The quantitative estimate of drug-likeness (QED) is 0.741. The Balaban J connectivity index is 1.85. The van der Waals surface area contributed by atoms with E-state index in [1.54, 1.807) is 17.8 Å². The summed E-state index contributed by atoms with van der Waals surface area (Å²) in [5.74, 6) is 0.0848. The van der Waals surface area contributed by atoms with Crippen molar-refractivity contribution < 1.29 is 4.39 Å². The highest BCUT2D eigenvalue weighted by molar-refractivity contribution is 5.74. The summed E-state index contributed by atoms with van der Waals surface area (Å²) in [6.45, 7) is 0.461. The molecule has 3 rings (SSSR count). The maximum Gasteiger partial charge on any atom is 0.263 e. The number of fused-ring (bicyclic) bond motifs is 1. The van der Waals surface area contributed by atoms with Crippen LogP contribution < -0.4 is 10.9 Å². The second kappa shape index (κ2) is 6.40. The molecule has 0 unspecified atom stereocenters. The molecule has 0 fully saturated rings. The van der Waals surface area contributed by atoms with Crippen molar-refractivity contribution in [1.82, 2.24) is 24.6 Å². The van der Waals surface area contributed by atoms with Crippen LogP contribution in [0.15, 0.2) is 35.3 Å². The van der Waals surface area contributed by atoms with Crippen molar-refractivity contribution in [2.75, 3.05) is 26.0 Å². The van der Waals surface area contributed by atoms with Crippen LogP contribution in [0, 0.1) is 5.82 Å². The minimum atomic E-state index is -0.276. The number of hydrogen-bond acceptors (Lipinski definition) is 5. The molecular weight excluding hydrogens is 311 g/mol. The SMILES string of the molecule is CN(C)[C@@H](CNc1nc2c(cnn2C)c(=O)[nH]1)c1cccc(F)c1. The third-order valence-corrected chi connectivity index (χ3v) is 3.92. The summed E-state index contributed by atoms with van der Waals surface area (Å²) >= 11 is 0. The fourth-order valence-electron chi connectivity index (χ4n) is 2.62. The molecule has 0 aliphatic carbocycles. The van der Waals surface area contributed by atoms with Crippen LogP contribution in [0.2, 0.25) is 0 Å². The van der Waals surface area contributed by atoms with E-state index in [0.717, 1.165) is 5.56 Å². The van der Waals surface area contributed by atoms with Crippen LogP contribution >= 0.6 is 0 Å². The molecular formula is C16H19FN6O. The number of nitrogens with zero attached hydrogens (tertiary/aromatic N) is 4. The van der Waals surface area contributed by atoms with E-state index in [1.165, 1.54) is 18.3 Å². The monoisotopic (exact) mass is 330 g/mol. The van der Waals surface area contributed by atoms with Gasteiger partial charge in [0.1, 0.15) is 11.2 Å². The van der Waals surface area contributed by atoms with Gasteiger partial charge in [-0.15, -0.1) is 0 Å². The normalized spacial score (nSPS) is 12.7. The lowest BCUT2D eigenvalue weighted by molar-refractivity contribution is 0.310. The van der Waals surface area contributed by atoms with Gasteiger partial charge >= 0.3 is 0 Å². The zero-order chi connectivity index (χ0) is 17.3. The maximum absolute atomic E-state index is 13.5. The van der Waals surface area contributed by atoms with Gasteiger partial charge < -0.3 is 10.2 Å². The largest absolute Gasteiger partial charge is 0.354 e. The zero-order valence-corrected chi connectivity index (χ0v) is 13.7. The first-order valence-electron chi connectivity index (χ1n) is 7.53. The molecule has 2 aromatic heterocycles. The van der Waals surface area contributed by atoms with Crippen molar-refractivity contribution in [3.63, 3.8) is 0 Å². The number of aromatic nitrogens is 4. The Kier molecular flexibility index (Phi) is 4.30. The molecule has 24 heavy (non-hydrogen) atoms. The minimum Gasteiger partial charge on any atom is -0.354 e. The van der Waals surface area contributed by atoms with Crippen molar-refractivity contribution in [3.05, 3.63) is 52.2 Å². The van der Waals surface area contributed by atoms with Crippen LogP contribution in [-0.2, 0) is 7.05 Å². The Labute approximate surface area is 138 Å². The third kappa shape index (κ3) is 3.13. The van der Waals surface area contributed by atoms with Crippen molar-refractivity contribution in [2.45, 2.75) is 6.04 Å². The lowest BCUT2D eigenvalue weighted by Crippen LogP contribution is -2.28. The van der Waals surface area contributed by atoms with Gasteiger partial charge in [-0.1, -0.05) is 12.1 Å². The maximum atomic E-state index is 13.5. The molecule has 8 heteroatoms. The highest BCUT2D eigenvalue weighted by Gasteiger charge is 2.16. The van der Waals surface area contributed by atoms with Crippen LogP contribution in [0.1, 0.15) is 11.6 Å². The van der Waals surface area contributed by atoms with Gasteiger partial charge in [0.25, 0.3) is 5.56 Å². The highest BCUT2D eigenvalue weighted by atomic mass is 19.1. The van der Waals surface area contributed by atoms with E-state index in [2.05, 4.69) is 20.4 Å². The van der Waals surface area contributed by atoms with E-state index >= 15 is 0 Å². The second-order valence-corrected chi connectivity index (χ2v) is 5.84. The molecule has 7 nitrogen and oxygen atoms in total. The number of rotatable bonds is 5. The molecule has 0 amide bonds. The molecule has 0 aliphatic heterocycles. The summed E-state index contributed by atoms with van der Waals surface area (Å²) in [5.41, 5.74) is 1.10. The predicted molar refractivity (Wildman–Crippen MR) is 90.4 cm³/mol. The lowest BCUT2D eigenvalue weighted by atomic mass is 10.1. The Bertz CT molecular complexity index is 916. The number of nitrogens with one attached hydrogen (secondary N) is 2. The summed E-state index contributed by atoms with van der Waals surface area (Å²) in [7, 11) is 5.56. The average Bonchev–Trinajstić information content (AvgIpc) is 2.89. The Morgan fingerprint density at radius 3 is 2.92 bits per heavy atom. The van der Waals surface area contributed by atoms with E-state index < -0.39 is 0 Å². The Morgan fingerprint density at radius 1 is 1.42 bits per heavy atom. The number of likely N-dealkylation sites (N-methyl/N-ethyl adjacent to an activating group) is 1. The number of H-pyrrole nitrogens is 1. The number of hydrogen-bond donors (Lipinski definition) is 2. The van der Waals surface area contributed by atoms with Crippen LogP contribution in [-0.4, -0.2) is 45.3 Å². The zero-order valence-electron chi connectivity index (χ0n) is 13.7. The Hall–Kier alpha value is -2.74. The molecule has 0 radical (unpaired) electrons. The van der Waals surface area contributed by atoms with Gasteiger partial charge in [0.2, 0.25) is 5.95 Å². The molecule has 2 N–H and O–H groups in total. The van der Waals surface area contributed by atoms with Crippen molar-refractivity contribution in [2.24, 2.45) is 7.05 Å². The molecule has 2 heterocycles. The van der Waals surface area contributed by atoms with Gasteiger partial charge in [-0.3, -0.25) is 14.5 Å². The van der Waals surface area contributed by atoms with E-state index in [0.29, 0.717) is 23.5 Å². The second-order valence-electron chi connectivity index (χ2n) is 5.84. The molecule has 0 saturated carbocycles. The fraction of sp³-hybridized carbons (Fsp3) is 0.312. The number of aromatic amines is 1. The minimum absolute atomic E-state index is 0.0757. The number of halogens is 1. The molecule has 0 bridgehead atoms. The van der Waals surface area contributed by atoms with Crippen molar-refractivity contribution in [1.29, 1.82) is 0 Å². The molecule has 0 saturated heterocycles. The first-order chi connectivity index (χ1) is 11.5. The van der Waals surface area contributed by atoms with Gasteiger partial charge in [-0.25, -0.2) is 4.39 Å². The summed E-state index contributed by atoms with van der Waals surface area (Å²) in [5, 5.41) is 7.60. The first-order valence-corrected chi connectivity index (χ1v) is 7.53. The molecule has 1 aromatic carbocycles. The highest BCUT2D eigenvalue weighted by Crippen LogP contribution is 2.19. The van der Waals surface area contributed by atoms with E-state index in [-0.39, 0.29) is 17.4 Å². The lowest BCUT2D eigenvalue weighted by Gasteiger charge is -2.25. The van der Waals surface area contributed by atoms with Crippen LogP contribution in [0.5, 0.6) is 0 Å². The molecule has 0 spiro atoms. The van der Waals surface area contributed by atoms with E-state index in [4.69, 9.17) is 0 Å². The van der Waals surface area contributed by atoms with Crippen molar-refractivity contribution >= 4 is 17.0 Å². The molecule has 0 aliphatic rings. The standard InChI is InChI=1S/C16H19FN6O/c1-22(2)13(10-5-4-6-11(17)7-10)9-18-16-20-14-12(15(24)21-16)8-19-23(14)3/h4-8,13H,9H2,1-3H3,(H2,18,20,21,24)/t13-/m0/s1. The van der Waals surface area contributed by atoms with Gasteiger partial charge in [-0.2, -0.15) is 10.1 Å². The summed E-state index contributed by atoms with van der Waals surface area (Å²) in [4.78, 5) is 21.1. The molecule has 126 valence electrons. The van der Waals surface area contributed by atoms with E-state index in [1.807, 2.05) is 25.1 Å². The topological polar surface area (TPSA) is 78.8 Å². The smallest absolute Gasteiger partial charge is 0.263 e. The Morgan fingerprint density at radius 2 is 2.21 bits per heavy atom. The van der Waals surface area contributed by atoms with Crippen LogP contribution in [0.4, 0.5) is 10.3 Å². The predicted octanol–water partition coefficient (Wildman–Crippen LogP) is 1.51. The first kappa shape index (κ1) is 16.1. The van der Waals surface area contributed by atoms with Crippen LogP contribution in [0.3, 0.4) is 0 Å². The average molecular weight is 330 g/mol. The fourth-order valence-corrected chi connectivity index (χ4v) is 2.62.